The number of hydrogen-bond donors (Lipinski definition) is 2. The van der Waals surface area contributed by atoms with Gasteiger partial charge in [0.15, 0.2) is 0 Å². The number of nitrogens with zero attached hydrogens (tertiary/aromatic N) is 5. The molecule has 0 atom stereocenters. The van der Waals surface area contributed by atoms with Crippen molar-refractivity contribution in [3.8, 4) is 17.2 Å². The van der Waals surface area contributed by atoms with Crippen molar-refractivity contribution in [2.75, 3.05) is 5.32 Å². The SMILES string of the molecule is Cc1nc(-c2cccnc2)[nH]c(=O)c1CC(=O)Nc1ccc(-n2cnc3ccccc32)nc1. The number of rotatable bonds is 5. The molecule has 0 saturated heterocycles. The fourth-order valence-electron chi connectivity index (χ4n) is 3.57. The maximum Gasteiger partial charge on any atom is 0.255 e. The molecule has 0 unspecified atom stereocenters. The van der Waals surface area contributed by atoms with Crippen LogP contribution in [0.3, 0.4) is 0 Å². The second kappa shape index (κ2) is 8.46. The minimum Gasteiger partial charge on any atom is -0.324 e. The third-order valence-electron chi connectivity index (χ3n) is 5.23. The molecule has 0 aliphatic carbocycles. The fraction of sp³-hybridized carbons (Fsp3) is 0.0833. The predicted molar refractivity (Wildman–Crippen MR) is 124 cm³/mol. The second-order valence-corrected chi connectivity index (χ2v) is 7.45. The monoisotopic (exact) mass is 437 g/mol. The Balaban J connectivity index is 1.31. The number of amides is 1. The number of para-hydroxylation sites is 2. The molecule has 0 spiro atoms. The average Bonchev–Trinajstić information content (AvgIpc) is 3.27. The Morgan fingerprint density at radius 3 is 2.70 bits per heavy atom. The highest BCUT2D eigenvalue weighted by molar-refractivity contribution is 5.92. The molecule has 5 aromatic rings. The van der Waals surface area contributed by atoms with Crippen molar-refractivity contribution in [3.63, 3.8) is 0 Å². The van der Waals surface area contributed by atoms with Gasteiger partial charge in [-0.15, -0.1) is 0 Å². The topological polar surface area (TPSA) is 118 Å². The van der Waals surface area contributed by atoms with Gasteiger partial charge in [0.2, 0.25) is 5.91 Å². The summed E-state index contributed by atoms with van der Waals surface area (Å²) in [6.07, 6.45) is 6.44. The minimum atomic E-state index is -0.350. The Labute approximate surface area is 188 Å². The molecule has 4 aromatic heterocycles. The van der Waals surface area contributed by atoms with Gasteiger partial charge in [-0.05, 0) is 43.3 Å². The highest BCUT2D eigenvalue weighted by atomic mass is 16.2. The van der Waals surface area contributed by atoms with Crippen molar-refractivity contribution in [2.24, 2.45) is 0 Å². The molecule has 1 aromatic carbocycles. The molecule has 9 heteroatoms. The number of hydrogen-bond acceptors (Lipinski definition) is 6. The van der Waals surface area contributed by atoms with Crippen LogP contribution in [0.25, 0.3) is 28.2 Å². The molecule has 0 aliphatic rings. The normalized spacial score (nSPS) is 10.9. The number of carbonyl (C=O) groups is 1. The van der Waals surface area contributed by atoms with Crippen LogP contribution in [-0.4, -0.2) is 35.4 Å². The van der Waals surface area contributed by atoms with E-state index in [1.165, 1.54) is 0 Å². The van der Waals surface area contributed by atoms with Crippen LogP contribution >= 0.6 is 0 Å². The van der Waals surface area contributed by atoms with Crippen molar-refractivity contribution in [1.82, 2.24) is 29.5 Å². The van der Waals surface area contributed by atoms with Gasteiger partial charge >= 0.3 is 0 Å². The first-order chi connectivity index (χ1) is 16.1. The van der Waals surface area contributed by atoms with Gasteiger partial charge in [0.25, 0.3) is 5.56 Å². The number of benzene rings is 1. The van der Waals surface area contributed by atoms with E-state index in [0.717, 1.165) is 11.0 Å². The van der Waals surface area contributed by atoms with E-state index < -0.39 is 0 Å². The highest BCUT2D eigenvalue weighted by Gasteiger charge is 2.14. The van der Waals surface area contributed by atoms with Gasteiger partial charge in [-0.2, -0.15) is 0 Å². The zero-order valence-electron chi connectivity index (χ0n) is 17.7. The van der Waals surface area contributed by atoms with Crippen molar-refractivity contribution in [1.29, 1.82) is 0 Å². The van der Waals surface area contributed by atoms with Crippen molar-refractivity contribution < 1.29 is 4.79 Å². The van der Waals surface area contributed by atoms with E-state index in [1.807, 2.05) is 28.8 Å². The molecule has 162 valence electrons. The van der Waals surface area contributed by atoms with E-state index >= 15 is 0 Å². The van der Waals surface area contributed by atoms with Crippen LogP contribution < -0.4 is 10.9 Å². The van der Waals surface area contributed by atoms with Gasteiger partial charge in [0, 0.05) is 29.2 Å². The molecule has 2 N–H and O–H groups in total. The van der Waals surface area contributed by atoms with Gasteiger partial charge in [0.05, 0.1) is 29.3 Å². The summed E-state index contributed by atoms with van der Waals surface area (Å²) >= 11 is 0. The van der Waals surface area contributed by atoms with Gasteiger partial charge in [0.1, 0.15) is 18.0 Å². The smallest absolute Gasteiger partial charge is 0.255 e. The van der Waals surface area contributed by atoms with Crippen LogP contribution in [0.4, 0.5) is 5.69 Å². The quantitative estimate of drug-likeness (QED) is 0.436. The third-order valence-corrected chi connectivity index (χ3v) is 5.23. The number of imidazole rings is 1. The minimum absolute atomic E-state index is 0.102. The zero-order valence-corrected chi connectivity index (χ0v) is 17.7. The summed E-state index contributed by atoms with van der Waals surface area (Å²) in [6, 6.07) is 14.9. The van der Waals surface area contributed by atoms with E-state index in [9.17, 15) is 9.59 Å². The maximum absolute atomic E-state index is 12.6. The number of aromatic amines is 1. The van der Waals surface area contributed by atoms with Gasteiger partial charge < -0.3 is 10.3 Å². The first-order valence-electron chi connectivity index (χ1n) is 10.3. The number of anilines is 1. The Morgan fingerprint density at radius 1 is 1.06 bits per heavy atom. The van der Waals surface area contributed by atoms with Crippen LogP contribution in [0.5, 0.6) is 0 Å². The van der Waals surface area contributed by atoms with Crippen LogP contribution in [0.2, 0.25) is 0 Å². The summed E-state index contributed by atoms with van der Waals surface area (Å²) in [5.74, 6) is 0.771. The van der Waals surface area contributed by atoms with Crippen LogP contribution in [0, 0.1) is 6.92 Å². The molecule has 0 bridgehead atoms. The van der Waals surface area contributed by atoms with Crippen molar-refractivity contribution in [2.45, 2.75) is 13.3 Å². The lowest BCUT2D eigenvalue weighted by atomic mass is 10.1. The molecule has 0 aliphatic heterocycles. The standard InChI is InChI=1S/C24H19N7O2/c1-15-18(24(33)30-23(28-15)16-5-4-10-25-12-16)11-22(32)29-17-8-9-21(26-13-17)31-14-27-19-6-2-3-7-20(19)31/h2-10,12-14H,11H2,1H3,(H,29,32)(H,28,30,33). The number of nitrogens with one attached hydrogen (secondary N) is 2. The lowest BCUT2D eigenvalue weighted by Crippen LogP contribution is -2.24. The molecule has 1 amide bonds. The maximum atomic E-state index is 12.6. The second-order valence-electron chi connectivity index (χ2n) is 7.45. The van der Waals surface area contributed by atoms with E-state index in [2.05, 4.69) is 30.2 Å². The van der Waals surface area contributed by atoms with Crippen molar-refractivity contribution >= 4 is 22.6 Å². The lowest BCUT2D eigenvalue weighted by molar-refractivity contribution is -0.115. The zero-order chi connectivity index (χ0) is 22.8. The van der Waals surface area contributed by atoms with E-state index in [4.69, 9.17) is 0 Å². The molecule has 9 nitrogen and oxygen atoms in total. The Hall–Kier alpha value is -4.66. The van der Waals surface area contributed by atoms with E-state index in [-0.39, 0.29) is 17.9 Å². The number of H-pyrrole nitrogens is 1. The Kier molecular flexibility index (Phi) is 5.19. The number of aromatic nitrogens is 6. The summed E-state index contributed by atoms with van der Waals surface area (Å²) in [5.41, 5.74) is 3.51. The summed E-state index contributed by atoms with van der Waals surface area (Å²) < 4.78 is 1.87. The van der Waals surface area contributed by atoms with Crippen LogP contribution in [0.1, 0.15) is 11.3 Å². The van der Waals surface area contributed by atoms with Gasteiger partial charge in [-0.25, -0.2) is 15.0 Å². The summed E-state index contributed by atoms with van der Waals surface area (Å²) in [4.78, 5) is 45.2. The number of carbonyl (C=O) groups excluding carboxylic acids is 1. The largest absolute Gasteiger partial charge is 0.324 e. The first kappa shape index (κ1) is 20.3. The number of pyridine rings is 2. The molecule has 5 rings (SSSR count). The summed E-state index contributed by atoms with van der Waals surface area (Å²) in [5, 5.41) is 2.78. The molecule has 0 radical (unpaired) electrons. The predicted octanol–water partition coefficient (Wildman–Crippen LogP) is 3.06. The summed E-state index contributed by atoms with van der Waals surface area (Å²) in [7, 11) is 0. The van der Waals surface area contributed by atoms with E-state index in [1.54, 1.807) is 56.1 Å². The number of aryl methyl sites for hydroxylation is 1. The molecular formula is C24H19N7O2. The Morgan fingerprint density at radius 2 is 1.94 bits per heavy atom. The van der Waals surface area contributed by atoms with Gasteiger partial charge in [-0.3, -0.25) is 19.1 Å². The van der Waals surface area contributed by atoms with Gasteiger partial charge in [-0.1, -0.05) is 12.1 Å². The molecular weight excluding hydrogens is 418 g/mol. The highest BCUT2D eigenvalue weighted by Crippen LogP contribution is 2.18. The molecule has 0 fully saturated rings. The summed E-state index contributed by atoms with van der Waals surface area (Å²) in [6.45, 7) is 1.71. The molecule has 0 saturated carbocycles. The lowest BCUT2D eigenvalue weighted by Gasteiger charge is -2.09. The first-order valence-corrected chi connectivity index (χ1v) is 10.3. The van der Waals surface area contributed by atoms with Crippen LogP contribution in [-0.2, 0) is 11.2 Å². The van der Waals surface area contributed by atoms with Crippen molar-refractivity contribution in [3.05, 3.63) is 95.1 Å². The van der Waals surface area contributed by atoms with Crippen LogP contribution in [0.15, 0.2) is 78.2 Å². The Bertz CT molecular complexity index is 1510. The average molecular weight is 437 g/mol. The number of fused-ring (bicyclic) bond motifs is 1. The van der Waals surface area contributed by atoms with E-state index in [0.29, 0.717) is 34.2 Å². The third kappa shape index (κ3) is 4.11. The molecule has 33 heavy (non-hydrogen) atoms. The molecule has 4 heterocycles. The fourth-order valence-corrected chi connectivity index (χ4v) is 3.57.